The Hall–Kier alpha value is -1.29. The number of carbonyl (C=O) groups is 1. The highest BCUT2D eigenvalue weighted by Crippen LogP contribution is 2.08. The number of carbonyl (C=O) groups excluding carboxylic acids is 1. The zero-order valence-corrected chi connectivity index (χ0v) is 10.3. The predicted octanol–water partition coefficient (Wildman–Crippen LogP) is 2.05. The van der Waals surface area contributed by atoms with Crippen LogP contribution in [-0.2, 0) is 16.1 Å². The van der Waals surface area contributed by atoms with Gasteiger partial charge in [0.15, 0.2) is 0 Å². The van der Waals surface area contributed by atoms with Crippen molar-refractivity contribution in [2.75, 3.05) is 13.7 Å². The Labute approximate surface area is 96.2 Å². The second kappa shape index (κ2) is 5.16. The summed E-state index contributed by atoms with van der Waals surface area (Å²) in [5.41, 5.74) is -0.290. The fraction of sp³-hybridized carbons (Fsp3) is 0.583. The second-order valence-corrected chi connectivity index (χ2v) is 4.73. The van der Waals surface area contributed by atoms with Crippen LogP contribution in [0.15, 0.2) is 22.8 Å². The minimum Gasteiger partial charge on any atom is -0.467 e. The fourth-order valence-corrected chi connectivity index (χ4v) is 1.11. The van der Waals surface area contributed by atoms with Crippen molar-refractivity contribution < 1.29 is 13.9 Å². The normalized spacial score (nSPS) is 11.5. The van der Waals surface area contributed by atoms with Gasteiger partial charge in [-0.25, -0.2) is 0 Å². The minimum absolute atomic E-state index is 0.0497. The molecule has 1 aromatic rings. The van der Waals surface area contributed by atoms with Crippen molar-refractivity contribution in [1.82, 2.24) is 4.90 Å². The van der Waals surface area contributed by atoms with E-state index in [4.69, 9.17) is 9.15 Å². The van der Waals surface area contributed by atoms with E-state index < -0.39 is 0 Å². The Morgan fingerprint density at radius 3 is 2.69 bits per heavy atom. The van der Waals surface area contributed by atoms with Gasteiger partial charge >= 0.3 is 0 Å². The minimum atomic E-state index is -0.290. The van der Waals surface area contributed by atoms with Gasteiger partial charge in [0, 0.05) is 7.05 Å². The maximum absolute atomic E-state index is 11.7. The van der Waals surface area contributed by atoms with E-state index >= 15 is 0 Å². The van der Waals surface area contributed by atoms with Gasteiger partial charge in [-0.05, 0) is 32.9 Å². The van der Waals surface area contributed by atoms with Gasteiger partial charge < -0.3 is 14.1 Å². The summed E-state index contributed by atoms with van der Waals surface area (Å²) in [5, 5.41) is 0. The molecule has 90 valence electrons. The van der Waals surface area contributed by atoms with Crippen molar-refractivity contribution in [2.45, 2.75) is 32.9 Å². The number of rotatable bonds is 4. The van der Waals surface area contributed by atoms with Gasteiger partial charge in [-0.2, -0.15) is 0 Å². The number of hydrogen-bond donors (Lipinski definition) is 0. The number of ether oxygens (including phenoxy) is 1. The van der Waals surface area contributed by atoms with Crippen LogP contribution in [0.1, 0.15) is 26.5 Å². The lowest BCUT2D eigenvalue weighted by molar-refractivity contribution is -0.140. The van der Waals surface area contributed by atoms with E-state index in [1.165, 1.54) is 0 Å². The van der Waals surface area contributed by atoms with Crippen LogP contribution >= 0.6 is 0 Å². The Morgan fingerprint density at radius 1 is 1.50 bits per heavy atom. The molecule has 1 rings (SSSR count). The van der Waals surface area contributed by atoms with E-state index in [0.717, 1.165) is 5.76 Å². The summed E-state index contributed by atoms with van der Waals surface area (Å²) in [6.07, 6.45) is 1.60. The third kappa shape index (κ3) is 4.49. The maximum Gasteiger partial charge on any atom is 0.248 e. The van der Waals surface area contributed by atoms with E-state index in [0.29, 0.717) is 6.54 Å². The van der Waals surface area contributed by atoms with E-state index in [-0.39, 0.29) is 18.1 Å². The first kappa shape index (κ1) is 12.8. The summed E-state index contributed by atoms with van der Waals surface area (Å²) in [6, 6.07) is 3.65. The third-order valence-electron chi connectivity index (χ3n) is 2.03. The molecular formula is C12H19NO3. The lowest BCUT2D eigenvalue weighted by Gasteiger charge is -2.22. The van der Waals surface area contributed by atoms with Gasteiger partial charge in [0.25, 0.3) is 0 Å². The van der Waals surface area contributed by atoms with E-state index in [1.807, 2.05) is 26.8 Å². The molecule has 1 heterocycles. The molecular weight excluding hydrogens is 206 g/mol. The molecule has 0 aliphatic rings. The zero-order chi connectivity index (χ0) is 12.2. The van der Waals surface area contributed by atoms with E-state index in [9.17, 15) is 4.79 Å². The lowest BCUT2D eigenvalue weighted by atomic mass is 10.2. The van der Waals surface area contributed by atoms with Gasteiger partial charge in [0.05, 0.1) is 18.4 Å². The van der Waals surface area contributed by atoms with Crippen molar-refractivity contribution in [3.05, 3.63) is 24.2 Å². The Balaban J connectivity index is 2.37. The first-order valence-corrected chi connectivity index (χ1v) is 5.29. The molecule has 16 heavy (non-hydrogen) atoms. The van der Waals surface area contributed by atoms with Crippen LogP contribution in [-0.4, -0.2) is 30.1 Å². The van der Waals surface area contributed by atoms with E-state index in [1.54, 1.807) is 24.3 Å². The van der Waals surface area contributed by atoms with Gasteiger partial charge in [-0.1, -0.05) is 0 Å². The number of nitrogens with zero attached hydrogens (tertiary/aromatic N) is 1. The van der Waals surface area contributed by atoms with Gasteiger partial charge in [0.2, 0.25) is 5.91 Å². The summed E-state index contributed by atoms with van der Waals surface area (Å²) in [6.45, 7) is 6.34. The van der Waals surface area contributed by atoms with Crippen LogP contribution in [0.25, 0.3) is 0 Å². The van der Waals surface area contributed by atoms with E-state index in [2.05, 4.69) is 0 Å². The van der Waals surface area contributed by atoms with Crippen molar-refractivity contribution >= 4 is 5.91 Å². The van der Waals surface area contributed by atoms with Gasteiger partial charge in [0.1, 0.15) is 12.4 Å². The number of hydrogen-bond acceptors (Lipinski definition) is 3. The fourth-order valence-electron chi connectivity index (χ4n) is 1.11. The standard InChI is InChI=1S/C12H19NO3/c1-12(2,3)16-9-11(14)13(4)8-10-6-5-7-15-10/h5-7H,8-9H2,1-4H3. The number of likely N-dealkylation sites (N-methyl/N-ethyl adjacent to an activating group) is 1. The second-order valence-electron chi connectivity index (χ2n) is 4.73. The molecule has 4 heteroatoms. The monoisotopic (exact) mass is 225 g/mol. The predicted molar refractivity (Wildman–Crippen MR) is 60.9 cm³/mol. The van der Waals surface area contributed by atoms with Crippen LogP contribution in [0, 0.1) is 0 Å². The SMILES string of the molecule is CN(Cc1ccco1)C(=O)COC(C)(C)C. The highest BCUT2D eigenvalue weighted by molar-refractivity contribution is 5.77. The third-order valence-corrected chi connectivity index (χ3v) is 2.03. The van der Waals surface area contributed by atoms with Crippen LogP contribution in [0.5, 0.6) is 0 Å². The first-order chi connectivity index (χ1) is 7.38. The van der Waals surface area contributed by atoms with Gasteiger partial charge in [-0.3, -0.25) is 4.79 Å². The average molecular weight is 225 g/mol. The molecule has 0 spiro atoms. The Kier molecular flexibility index (Phi) is 4.12. The van der Waals surface area contributed by atoms with Crippen molar-refractivity contribution in [3.8, 4) is 0 Å². The average Bonchev–Trinajstić information content (AvgIpc) is 2.65. The summed E-state index contributed by atoms with van der Waals surface area (Å²) >= 11 is 0. The quantitative estimate of drug-likeness (QED) is 0.787. The molecule has 0 aliphatic heterocycles. The van der Waals surface area contributed by atoms with Crippen molar-refractivity contribution in [1.29, 1.82) is 0 Å². The number of amides is 1. The molecule has 0 aliphatic carbocycles. The Morgan fingerprint density at radius 2 is 2.19 bits per heavy atom. The molecule has 0 N–H and O–H groups in total. The molecule has 0 saturated carbocycles. The van der Waals surface area contributed by atoms with Crippen LogP contribution in [0.4, 0.5) is 0 Å². The molecule has 0 fully saturated rings. The molecule has 0 radical (unpaired) electrons. The number of furan rings is 1. The lowest BCUT2D eigenvalue weighted by Crippen LogP contribution is -2.33. The smallest absolute Gasteiger partial charge is 0.248 e. The topological polar surface area (TPSA) is 42.7 Å². The molecule has 0 atom stereocenters. The Bertz CT molecular complexity index is 325. The van der Waals surface area contributed by atoms with Crippen molar-refractivity contribution in [3.63, 3.8) is 0 Å². The summed E-state index contributed by atoms with van der Waals surface area (Å²) < 4.78 is 10.6. The highest BCUT2D eigenvalue weighted by atomic mass is 16.5. The molecule has 0 saturated heterocycles. The van der Waals surface area contributed by atoms with Crippen LogP contribution in [0.3, 0.4) is 0 Å². The highest BCUT2D eigenvalue weighted by Gasteiger charge is 2.16. The largest absolute Gasteiger partial charge is 0.467 e. The molecule has 4 nitrogen and oxygen atoms in total. The van der Waals surface area contributed by atoms with Crippen LogP contribution in [0.2, 0.25) is 0 Å². The summed E-state index contributed by atoms with van der Waals surface area (Å²) in [7, 11) is 1.73. The maximum atomic E-state index is 11.7. The molecule has 1 amide bonds. The summed E-state index contributed by atoms with van der Waals surface area (Å²) in [4.78, 5) is 13.3. The molecule has 0 aromatic carbocycles. The zero-order valence-electron chi connectivity index (χ0n) is 10.3. The van der Waals surface area contributed by atoms with Crippen LogP contribution < -0.4 is 0 Å². The summed E-state index contributed by atoms with van der Waals surface area (Å²) in [5.74, 6) is 0.720. The van der Waals surface area contributed by atoms with Gasteiger partial charge in [-0.15, -0.1) is 0 Å². The van der Waals surface area contributed by atoms with Crippen molar-refractivity contribution in [2.24, 2.45) is 0 Å². The first-order valence-electron chi connectivity index (χ1n) is 5.29. The molecule has 0 unspecified atom stereocenters. The molecule has 0 bridgehead atoms. The molecule has 1 aromatic heterocycles.